The van der Waals surface area contributed by atoms with Gasteiger partial charge in [0.15, 0.2) is 0 Å². The second-order valence-electron chi connectivity index (χ2n) is 6.50. The number of pyridine rings is 1. The van der Waals surface area contributed by atoms with Crippen molar-refractivity contribution in [1.29, 1.82) is 0 Å². The minimum absolute atomic E-state index is 0.0690. The van der Waals surface area contributed by atoms with Crippen molar-refractivity contribution in [2.45, 2.75) is 30.7 Å². The lowest BCUT2D eigenvalue weighted by Gasteiger charge is -2.14. The fraction of sp³-hybridized carbons (Fsp3) is 0.421. The van der Waals surface area contributed by atoms with Crippen molar-refractivity contribution in [2.75, 3.05) is 31.2 Å². The Hall–Kier alpha value is -2.39. The minimum Gasteiger partial charge on any atom is -0.491 e. The highest BCUT2D eigenvalue weighted by molar-refractivity contribution is 7.92. The maximum atomic E-state index is 12.6. The summed E-state index contributed by atoms with van der Waals surface area (Å²) in [4.78, 5) is 4.40. The second-order valence-corrected chi connectivity index (χ2v) is 8.18. The number of nitrogens with one attached hydrogen (secondary N) is 2. The Morgan fingerprint density at radius 3 is 2.64 bits per heavy atom. The molecule has 0 bridgehead atoms. The molecule has 1 fully saturated rings. The highest BCUT2D eigenvalue weighted by atomic mass is 32.2. The average molecular weight is 409 g/mol. The molecule has 2 aromatic rings. The first-order chi connectivity index (χ1) is 13.5. The lowest BCUT2D eigenvalue weighted by Crippen LogP contribution is -2.28. The number of sulfonamides is 1. The second kappa shape index (κ2) is 9.20. The maximum absolute atomic E-state index is 12.6. The molecule has 0 unspecified atom stereocenters. The normalized spacial score (nSPS) is 16.7. The van der Waals surface area contributed by atoms with Crippen LogP contribution in [0.4, 0.5) is 10.1 Å². The van der Waals surface area contributed by atoms with Gasteiger partial charge in [0.05, 0.1) is 16.3 Å². The average Bonchev–Trinajstić information content (AvgIpc) is 3.20. The first kappa shape index (κ1) is 20.3. The summed E-state index contributed by atoms with van der Waals surface area (Å²) in [5, 5.41) is 3.35. The van der Waals surface area contributed by atoms with E-state index in [1.54, 1.807) is 19.1 Å². The third-order valence-electron chi connectivity index (χ3n) is 4.38. The molecule has 1 aromatic carbocycles. The van der Waals surface area contributed by atoms with Gasteiger partial charge in [0, 0.05) is 12.1 Å². The van der Waals surface area contributed by atoms with E-state index in [-0.39, 0.29) is 11.5 Å². The first-order valence-electron chi connectivity index (χ1n) is 9.13. The Balaban J connectivity index is 1.64. The van der Waals surface area contributed by atoms with Crippen LogP contribution in [0.15, 0.2) is 41.3 Å². The van der Waals surface area contributed by atoms with Gasteiger partial charge in [-0.25, -0.2) is 17.8 Å². The third-order valence-corrected chi connectivity index (χ3v) is 5.76. The minimum atomic E-state index is -3.78. The van der Waals surface area contributed by atoms with Crippen LogP contribution in [-0.4, -0.2) is 45.9 Å². The number of nitrogens with zero attached hydrogens (tertiary/aromatic N) is 1. The number of rotatable bonds is 9. The van der Waals surface area contributed by atoms with Crippen LogP contribution in [0.3, 0.4) is 0 Å². The van der Waals surface area contributed by atoms with E-state index in [2.05, 4.69) is 15.0 Å². The highest BCUT2D eigenvalue weighted by Crippen LogP contribution is 2.23. The van der Waals surface area contributed by atoms with Gasteiger partial charge in [0.2, 0.25) is 5.88 Å². The maximum Gasteiger partial charge on any atom is 0.261 e. The lowest BCUT2D eigenvalue weighted by atomic mass is 10.2. The molecule has 7 nitrogen and oxygen atoms in total. The van der Waals surface area contributed by atoms with Crippen LogP contribution >= 0.6 is 0 Å². The Kier molecular flexibility index (Phi) is 6.69. The molecular weight excluding hydrogens is 385 g/mol. The van der Waals surface area contributed by atoms with E-state index in [9.17, 15) is 12.8 Å². The summed E-state index contributed by atoms with van der Waals surface area (Å²) < 4.78 is 50.6. The van der Waals surface area contributed by atoms with E-state index in [1.807, 2.05) is 0 Å². The van der Waals surface area contributed by atoms with E-state index < -0.39 is 16.7 Å². The zero-order valence-corrected chi connectivity index (χ0v) is 16.5. The van der Waals surface area contributed by atoms with Crippen molar-refractivity contribution in [3.05, 3.63) is 42.1 Å². The van der Waals surface area contributed by atoms with Crippen LogP contribution in [0, 0.1) is 6.92 Å². The van der Waals surface area contributed by atoms with E-state index in [0.717, 1.165) is 19.4 Å². The van der Waals surface area contributed by atoms with Gasteiger partial charge < -0.3 is 14.8 Å². The first-order valence-corrected chi connectivity index (χ1v) is 10.6. The van der Waals surface area contributed by atoms with Crippen molar-refractivity contribution in [2.24, 2.45) is 0 Å². The van der Waals surface area contributed by atoms with E-state index in [4.69, 9.17) is 9.47 Å². The number of hydrogen-bond donors (Lipinski definition) is 2. The summed E-state index contributed by atoms with van der Waals surface area (Å²) in [6.07, 6.45) is 2.22. The molecule has 1 aliphatic rings. The zero-order valence-electron chi connectivity index (χ0n) is 15.7. The predicted molar refractivity (Wildman–Crippen MR) is 104 cm³/mol. The number of aromatic nitrogens is 1. The Morgan fingerprint density at radius 2 is 2.00 bits per heavy atom. The Morgan fingerprint density at radius 1 is 1.21 bits per heavy atom. The van der Waals surface area contributed by atoms with Crippen LogP contribution in [0.25, 0.3) is 0 Å². The molecule has 0 radical (unpaired) electrons. The quantitative estimate of drug-likeness (QED) is 0.662. The van der Waals surface area contributed by atoms with Crippen LogP contribution in [0.1, 0.15) is 18.5 Å². The molecule has 152 valence electrons. The van der Waals surface area contributed by atoms with Crippen molar-refractivity contribution < 1.29 is 22.3 Å². The summed E-state index contributed by atoms with van der Waals surface area (Å²) in [6, 6.07) is 9.41. The third kappa shape index (κ3) is 5.32. The topological polar surface area (TPSA) is 89.5 Å². The molecule has 0 spiro atoms. The van der Waals surface area contributed by atoms with Gasteiger partial charge in [0.25, 0.3) is 10.0 Å². The number of anilines is 1. The Bertz CT molecular complexity index is 885. The van der Waals surface area contributed by atoms with Crippen LogP contribution in [-0.2, 0) is 10.0 Å². The van der Waals surface area contributed by atoms with Gasteiger partial charge in [-0.1, -0.05) is 0 Å². The SMILES string of the molecule is Cc1nc(OC[C@@H]2CCCN2)ccc1NS(=O)(=O)c1ccc(OCCF)cc1. The van der Waals surface area contributed by atoms with E-state index in [1.165, 1.54) is 24.3 Å². The molecule has 1 aliphatic heterocycles. The monoisotopic (exact) mass is 409 g/mol. The summed E-state index contributed by atoms with van der Waals surface area (Å²) in [7, 11) is -3.78. The smallest absolute Gasteiger partial charge is 0.261 e. The number of aryl methyl sites for hydroxylation is 1. The predicted octanol–water partition coefficient (Wildman–Crippen LogP) is 2.67. The van der Waals surface area contributed by atoms with Gasteiger partial charge in [-0.05, 0) is 56.6 Å². The number of ether oxygens (including phenoxy) is 2. The van der Waals surface area contributed by atoms with Crippen LogP contribution in [0.5, 0.6) is 11.6 Å². The van der Waals surface area contributed by atoms with Gasteiger partial charge in [-0.2, -0.15) is 0 Å². The van der Waals surface area contributed by atoms with E-state index >= 15 is 0 Å². The van der Waals surface area contributed by atoms with Gasteiger partial charge in [0.1, 0.15) is 25.6 Å². The van der Waals surface area contributed by atoms with Gasteiger partial charge in [-0.15, -0.1) is 0 Å². The molecule has 0 aliphatic carbocycles. The Labute approximate surface area is 164 Å². The van der Waals surface area contributed by atoms with Crippen LogP contribution in [0.2, 0.25) is 0 Å². The number of halogens is 1. The van der Waals surface area contributed by atoms with Gasteiger partial charge >= 0.3 is 0 Å². The molecule has 3 rings (SSSR count). The molecule has 9 heteroatoms. The standard InChI is InChI=1S/C19H24FN3O4S/c1-14-18(8-9-19(22-14)27-13-15-3-2-11-21-15)23-28(24,25)17-6-4-16(5-7-17)26-12-10-20/h4-9,15,21,23H,2-3,10-13H2,1H3/t15-/m0/s1. The molecule has 1 saturated heterocycles. The zero-order chi connectivity index (χ0) is 20.0. The fourth-order valence-electron chi connectivity index (χ4n) is 2.89. The molecule has 2 heterocycles. The number of hydrogen-bond acceptors (Lipinski definition) is 6. The molecule has 1 atom stereocenters. The van der Waals surface area contributed by atoms with Crippen LogP contribution < -0.4 is 19.5 Å². The number of alkyl halides is 1. The molecule has 1 aromatic heterocycles. The summed E-state index contributed by atoms with van der Waals surface area (Å²) >= 11 is 0. The fourth-order valence-corrected chi connectivity index (χ4v) is 4.00. The molecule has 0 saturated carbocycles. The van der Waals surface area contributed by atoms with Crippen molar-refractivity contribution >= 4 is 15.7 Å². The summed E-state index contributed by atoms with van der Waals surface area (Å²) in [5.41, 5.74) is 0.896. The molecule has 28 heavy (non-hydrogen) atoms. The van der Waals surface area contributed by atoms with Crippen molar-refractivity contribution in [3.63, 3.8) is 0 Å². The van der Waals surface area contributed by atoms with Crippen molar-refractivity contribution in [3.8, 4) is 11.6 Å². The molecule has 0 amide bonds. The lowest BCUT2D eigenvalue weighted by molar-refractivity contribution is 0.267. The van der Waals surface area contributed by atoms with E-state index in [0.29, 0.717) is 35.7 Å². The highest BCUT2D eigenvalue weighted by Gasteiger charge is 2.17. The van der Waals surface area contributed by atoms with Crippen molar-refractivity contribution in [1.82, 2.24) is 10.3 Å². The largest absolute Gasteiger partial charge is 0.491 e. The summed E-state index contributed by atoms with van der Waals surface area (Å²) in [5.74, 6) is 0.871. The summed E-state index contributed by atoms with van der Waals surface area (Å²) in [6.45, 7) is 2.58. The number of benzene rings is 1. The van der Waals surface area contributed by atoms with Gasteiger partial charge in [-0.3, -0.25) is 4.72 Å². The molecule has 2 N–H and O–H groups in total. The molecular formula is C19H24FN3O4S.